The van der Waals surface area contributed by atoms with Crippen LogP contribution in [0, 0.1) is 5.82 Å². The Morgan fingerprint density at radius 3 is 2.68 bits per heavy atom. The second kappa shape index (κ2) is 7.25. The molecule has 0 spiro atoms. The molecule has 1 amide bonds. The molecule has 0 fully saturated rings. The third-order valence-electron chi connectivity index (χ3n) is 3.63. The molecule has 0 saturated heterocycles. The fraction of sp³-hybridized carbons (Fsp3) is 0.111. The highest BCUT2D eigenvalue weighted by Gasteiger charge is 2.19. The molecule has 7 heteroatoms. The van der Waals surface area contributed by atoms with E-state index < -0.39 is 11.9 Å². The lowest BCUT2D eigenvalue weighted by Gasteiger charge is -2.14. The summed E-state index contributed by atoms with van der Waals surface area (Å²) in [6, 6.07) is 8.36. The normalized spacial score (nSPS) is 12.0. The molecule has 0 bridgehead atoms. The van der Waals surface area contributed by atoms with Gasteiger partial charge < -0.3 is 9.73 Å². The van der Waals surface area contributed by atoms with Crippen LogP contribution in [0.4, 0.5) is 4.39 Å². The quantitative estimate of drug-likeness (QED) is 0.671. The van der Waals surface area contributed by atoms with E-state index in [0.717, 1.165) is 0 Å². The maximum atomic E-state index is 13.7. The Hall–Kier alpha value is -2.37. The van der Waals surface area contributed by atoms with Gasteiger partial charge in [-0.15, -0.1) is 0 Å². The number of rotatable bonds is 4. The summed E-state index contributed by atoms with van der Waals surface area (Å²) in [5.41, 5.74) is 1.30. The summed E-state index contributed by atoms with van der Waals surface area (Å²) in [5.74, 6) is -0.461. The minimum atomic E-state index is -0.460. The van der Waals surface area contributed by atoms with E-state index in [9.17, 15) is 9.18 Å². The number of amides is 1. The van der Waals surface area contributed by atoms with E-state index in [2.05, 4.69) is 10.3 Å². The number of carbonyl (C=O) groups is 1. The third-order valence-corrected chi connectivity index (χ3v) is 4.37. The minimum absolute atomic E-state index is 0.304. The number of nitrogens with one attached hydrogen (secondary N) is 1. The lowest BCUT2D eigenvalue weighted by molar-refractivity contribution is 0.0935. The highest BCUT2D eigenvalue weighted by molar-refractivity contribution is 6.42. The molecule has 1 heterocycles. The minimum Gasteiger partial charge on any atom is -0.447 e. The Balaban J connectivity index is 1.96. The molecule has 3 rings (SSSR count). The van der Waals surface area contributed by atoms with Crippen LogP contribution in [0.25, 0.3) is 11.1 Å². The lowest BCUT2D eigenvalue weighted by atomic mass is 9.98. The number of carbonyl (C=O) groups excluding carboxylic acids is 1. The summed E-state index contributed by atoms with van der Waals surface area (Å²) in [4.78, 5) is 16.7. The molecular formula is C18H13Cl2FN2O2. The van der Waals surface area contributed by atoms with Crippen LogP contribution < -0.4 is 5.32 Å². The molecule has 128 valence electrons. The van der Waals surface area contributed by atoms with Gasteiger partial charge in [-0.2, -0.15) is 0 Å². The number of nitrogens with zero attached hydrogens (tertiary/aromatic N) is 1. The molecule has 3 aromatic rings. The lowest BCUT2D eigenvalue weighted by Crippen LogP contribution is -2.27. The van der Waals surface area contributed by atoms with E-state index in [1.807, 2.05) is 0 Å². The standard InChI is InChI=1S/C18H13Cl2FN2O2/c1-10(18-22-6-7-25-18)23-17(24)13-4-3-12(21)9-14(13)11-2-5-15(19)16(20)8-11/h2-10H,1H3,(H,23,24). The Bertz CT molecular complexity index is 913. The summed E-state index contributed by atoms with van der Waals surface area (Å²) in [5, 5.41) is 3.48. The highest BCUT2D eigenvalue weighted by Crippen LogP contribution is 2.31. The first kappa shape index (κ1) is 17.5. The first-order chi connectivity index (χ1) is 12.0. The predicted molar refractivity (Wildman–Crippen MR) is 94.2 cm³/mol. The summed E-state index contributed by atoms with van der Waals surface area (Å²) in [6.07, 6.45) is 2.92. The zero-order chi connectivity index (χ0) is 18.0. The summed E-state index contributed by atoms with van der Waals surface area (Å²) >= 11 is 12.0. The number of benzene rings is 2. The molecule has 1 unspecified atom stereocenters. The van der Waals surface area contributed by atoms with Crippen molar-refractivity contribution in [3.05, 3.63) is 76.2 Å². The largest absolute Gasteiger partial charge is 0.447 e. The smallest absolute Gasteiger partial charge is 0.252 e. The first-order valence-corrected chi connectivity index (χ1v) is 8.16. The van der Waals surface area contributed by atoms with Crippen LogP contribution in [0.1, 0.15) is 29.2 Å². The Kier molecular flexibility index (Phi) is 5.06. The maximum absolute atomic E-state index is 13.7. The van der Waals surface area contributed by atoms with Crippen LogP contribution in [0.2, 0.25) is 10.0 Å². The summed E-state index contributed by atoms with van der Waals surface area (Å²) in [6.45, 7) is 1.74. The van der Waals surface area contributed by atoms with Crippen molar-refractivity contribution in [1.29, 1.82) is 0 Å². The van der Waals surface area contributed by atoms with E-state index in [1.165, 1.54) is 30.7 Å². The van der Waals surface area contributed by atoms with Crippen LogP contribution in [-0.4, -0.2) is 10.9 Å². The molecule has 0 aliphatic rings. The predicted octanol–water partition coefficient (Wildman–Crippen LogP) is 5.28. The molecule has 0 aliphatic carbocycles. The average molecular weight is 379 g/mol. The van der Waals surface area contributed by atoms with Crippen LogP contribution >= 0.6 is 23.2 Å². The number of oxazole rings is 1. The molecule has 1 atom stereocenters. The van der Waals surface area contributed by atoms with Crippen molar-refractivity contribution in [2.24, 2.45) is 0 Å². The molecule has 1 aromatic heterocycles. The maximum Gasteiger partial charge on any atom is 0.252 e. The number of hydrogen-bond acceptors (Lipinski definition) is 3. The van der Waals surface area contributed by atoms with E-state index in [1.54, 1.807) is 25.1 Å². The van der Waals surface area contributed by atoms with E-state index in [4.69, 9.17) is 27.6 Å². The van der Waals surface area contributed by atoms with Crippen LogP contribution in [0.5, 0.6) is 0 Å². The fourth-order valence-corrected chi connectivity index (χ4v) is 2.70. The van der Waals surface area contributed by atoms with E-state index >= 15 is 0 Å². The van der Waals surface area contributed by atoms with Gasteiger partial charge in [-0.1, -0.05) is 29.3 Å². The average Bonchev–Trinajstić information content (AvgIpc) is 3.12. The van der Waals surface area contributed by atoms with Gasteiger partial charge in [0, 0.05) is 5.56 Å². The van der Waals surface area contributed by atoms with Gasteiger partial charge in [-0.25, -0.2) is 9.37 Å². The fourth-order valence-electron chi connectivity index (χ4n) is 2.40. The third kappa shape index (κ3) is 3.83. The molecule has 0 aliphatic heterocycles. The summed E-state index contributed by atoms with van der Waals surface area (Å²) in [7, 11) is 0. The van der Waals surface area contributed by atoms with Crippen molar-refractivity contribution in [2.45, 2.75) is 13.0 Å². The van der Waals surface area contributed by atoms with Gasteiger partial charge >= 0.3 is 0 Å². The number of halogens is 3. The monoisotopic (exact) mass is 378 g/mol. The van der Waals surface area contributed by atoms with Crippen LogP contribution in [0.3, 0.4) is 0 Å². The van der Waals surface area contributed by atoms with Gasteiger partial charge in [0.2, 0.25) is 5.89 Å². The second-order valence-electron chi connectivity index (χ2n) is 5.38. The molecular weight excluding hydrogens is 366 g/mol. The molecule has 2 aromatic carbocycles. The van der Waals surface area contributed by atoms with Crippen molar-refractivity contribution in [2.75, 3.05) is 0 Å². The molecule has 25 heavy (non-hydrogen) atoms. The highest BCUT2D eigenvalue weighted by atomic mass is 35.5. The van der Waals surface area contributed by atoms with E-state index in [0.29, 0.717) is 32.6 Å². The van der Waals surface area contributed by atoms with Crippen molar-refractivity contribution < 1.29 is 13.6 Å². The number of aromatic nitrogens is 1. The van der Waals surface area contributed by atoms with Gasteiger partial charge in [0.15, 0.2) is 0 Å². The van der Waals surface area contributed by atoms with Gasteiger partial charge in [0.1, 0.15) is 18.1 Å². The van der Waals surface area contributed by atoms with Crippen molar-refractivity contribution >= 4 is 29.1 Å². The molecule has 0 saturated carbocycles. The second-order valence-corrected chi connectivity index (χ2v) is 6.20. The Labute approximate surface area is 153 Å². The molecule has 0 radical (unpaired) electrons. The van der Waals surface area contributed by atoms with Crippen molar-refractivity contribution in [3.63, 3.8) is 0 Å². The van der Waals surface area contributed by atoms with Gasteiger partial charge in [-0.05, 0) is 48.4 Å². The summed E-state index contributed by atoms with van der Waals surface area (Å²) < 4.78 is 18.9. The van der Waals surface area contributed by atoms with Crippen molar-refractivity contribution in [1.82, 2.24) is 10.3 Å². The Morgan fingerprint density at radius 2 is 2.00 bits per heavy atom. The zero-order valence-corrected chi connectivity index (χ0v) is 14.6. The van der Waals surface area contributed by atoms with Crippen molar-refractivity contribution in [3.8, 4) is 11.1 Å². The van der Waals surface area contributed by atoms with Gasteiger partial charge in [-0.3, -0.25) is 4.79 Å². The first-order valence-electron chi connectivity index (χ1n) is 7.41. The molecule has 4 nitrogen and oxygen atoms in total. The van der Waals surface area contributed by atoms with Gasteiger partial charge in [0.25, 0.3) is 5.91 Å². The van der Waals surface area contributed by atoms with Gasteiger partial charge in [0.05, 0.1) is 16.2 Å². The van der Waals surface area contributed by atoms with Crippen LogP contribution in [0.15, 0.2) is 53.3 Å². The van der Waals surface area contributed by atoms with E-state index in [-0.39, 0.29) is 5.91 Å². The topological polar surface area (TPSA) is 55.1 Å². The van der Waals surface area contributed by atoms with Crippen LogP contribution in [-0.2, 0) is 0 Å². The zero-order valence-electron chi connectivity index (χ0n) is 13.1. The Morgan fingerprint density at radius 1 is 1.20 bits per heavy atom. The molecule has 1 N–H and O–H groups in total. The number of hydrogen-bond donors (Lipinski definition) is 1. The SMILES string of the molecule is CC(NC(=O)c1ccc(F)cc1-c1ccc(Cl)c(Cl)c1)c1ncco1.